The second-order valence-electron chi connectivity index (χ2n) is 3.58. The first kappa shape index (κ1) is 11.6. The van der Waals surface area contributed by atoms with Crippen LogP contribution in [0.1, 0.15) is 40.0 Å². The number of hydrogen-bond acceptors (Lipinski definition) is 2. The molecule has 0 aliphatic rings. The first-order valence-electron chi connectivity index (χ1n) is 4.59. The Balaban J connectivity index is 4.17. The van der Waals surface area contributed by atoms with Gasteiger partial charge in [0, 0.05) is 13.5 Å². The van der Waals surface area contributed by atoms with Gasteiger partial charge in [-0.25, -0.2) is 0 Å². The van der Waals surface area contributed by atoms with Gasteiger partial charge in [0.1, 0.15) is 6.29 Å². The second kappa shape index (κ2) is 5.31. The van der Waals surface area contributed by atoms with Crippen LogP contribution in [0.5, 0.6) is 0 Å². The van der Waals surface area contributed by atoms with Gasteiger partial charge in [0.05, 0.1) is 5.60 Å². The SMILES string of the molecule is CCCC(C)C(C)(CC=O)OC. The van der Waals surface area contributed by atoms with E-state index in [0.717, 1.165) is 19.1 Å². The van der Waals surface area contributed by atoms with E-state index in [2.05, 4.69) is 13.8 Å². The maximum absolute atomic E-state index is 10.4. The highest BCUT2D eigenvalue weighted by atomic mass is 16.5. The van der Waals surface area contributed by atoms with Gasteiger partial charge in [0.25, 0.3) is 0 Å². The molecule has 0 saturated carbocycles. The molecule has 0 spiro atoms. The molecule has 0 fully saturated rings. The van der Waals surface area contributed by atoms with E-state index >= 15 is 0 Å². The van der Waals surface area contributed by atoms with Crippen LogP contribution >= 0.6 is 0 Å². The minimum atomic E-state index is -0.266. The fourth-order valence-electron chi connectivity index (χ4n) is 1.39. The highest BCUT2D eigenvalue weighted by Gasteiger charge is 2.29. The molecule has 0 N–H and O–H groups in total. The van der Waals surface area contributed by atoms with E-state index in [1.807, 2.05) is 6.92 Å². The van der Waals surface area contributed by atoms with Crippen molar-refractivity contribution in [3.63, 3.8) is 0 Å². The summed E-state index contributed by atoms with van der Waals surface area (Å²) < 4.78 is 5.36. The van der Waals surface area contributed by atoms with Crippen LogP contribution in [0.15, 0.2) is 0 Å². The molecule has 0 aromatic heterocycles. The summed E-state index contributed by atoms with van der Waals surface area (Å²) in [6.07, 6.45) is 3.68. The molecule has 0 rings (SSSR count). The molecular formula is C10H20O2. The third kappa shape index (κ3) is 2.94. The average molecular weight is 172 g/mol. The topological polar surface area (TPSA) is 26.3 Å². The van der Waals surface area contributed by atoms with Gasteiger partial charge < -0.3 is 9.53 Å². The summed E-state index contributed by atoms with van der Waals surface area (Å²) in [6, 6.07) is 0. The lowest BCUT2D eigenvalue weighted by atomic mass is 9.85. The van der Waals surface area contributed by atoms with Crippen LogP contribution in [0, 0.1) is 5.92 Å². The number of ether oxygens (including phenoxy) is 1. The molecule has 0 bridgehead atoms. The number of hydrogen-bond donors (Lipinski definition) is 0. The minimum Gasteiger partial charge on any atom is -0.378 e. The summed E-state index contributed by atoms with van der Waals surface area (Å²) in [5, 5.41) is 0. The van der Waals surface area contributed by atoms with E-state index in [1.165, 1.54) is 0 Å². The Morgan fingerprint density at radius 1 is 1.58 bits per heavy atom. The minimum absolute atomic E-state index is 0.266. The van der Waals surface area contributed by atoms with Gasteiger partial charge in [-0.15, -0.1) is 0 Å². The largest absolute Gasteiger partial charge is 0.378 e. The molecule has 0 amide bonds. The van der Waals surface area contributed by atoms with Crippen molar-refractivity contribution in [1.29, 1.82) is 0 Å². The molecule has 0 radical (unpaired) electrons. The number of carbonyl (C=O) groups excluding carboxylic acids is 1. The lowest BCUT2D eigenvalue weighted by Crippen LogP contribution is -2.35. The molecule has 2 unspecified atom stereocenters. The molecule has 0 aliphatic carbocycles. The summed E-state index contributed by atoms with van der Waals surface area (Å²) in [5.41, 5.74) is -0.266. The zero-order valence-electron chi connectivity index (χ0n) is 8.59. The Labute approximate surface area is 75.3 Å². The Bertz CT molecular complexity index is 134. The Hall–Kier alpha value is -0.370. The van der Waals surface area contributed by atoms with Gasteiger partial charge in [-0.2, -0.15) is 0 Å². The molecule has 0 aromatic carbocycles. The Kier molecular flexibility index (Phi) is 5.14. The fourth-order valence-corrected chi connectivity index (χ4v) is 1.39. The van der Waals surface area contributed by atoms with E-state index < -0.39 is 0 Å². The van der Waals surface area contributed by atoms with Gasteiger partial charge in [-0.1, -0.05) is 20.3 Å². The summed E-state index contributed by atoms with van der Waals surface area (Å²) >= 11 is 0. The summed E-state index contributed by atoms with van der Waals surface area (Å²) in [6.45, 7) is 6.28. The van der Waals surface area contributed by atoms with Crippen LogP contribution in [0.3, 0.4) is 0 Å². The maximum Gasteiger partial charge on any atom is 0.122 e. The molecule has 72 valence electrons. The smallest absolute Gasteiger partial charge is 0.122 e. The van der Waals surface area contributed by atoms with Gasteiger partial charge in [0.2, 0.25) is 0 Å². The van der Waals surface area contributed by atoms with Crippen molar-refractivity contribution in [3.8, 4) is 0 Å². The highest BCUT2D eigenvalue weighted by molar-refractivity contribution is 5.51. The molecule has 0 aliphatic heterocycles. The van der Waals surface area contributed by atoms with Gasteiger partial charge in [-0.05, 0) is 19.3 Å². The fraction of sp³-hybridized carbons (Fsp3) is 0.900. The monoisotopic (exact) mass is 172 g/mol. The van der Waals surface area contributed by atoms with Crippen LogP contribution < -0.4 is 0 Å². The summed E-state index contributed by atoms with van der Waals surface area (Å²) in [4.78, 5) is 10.4. The van der Waals surface area contributed by atoms with Crippen molar-refractivity contribution in [2.45, 2.75) is 45.6 Å². The highest BCUT2D eigenvalue weighted by Crippen LogP contribution is 2.27. The van der Waals surface area contributed by atoms with Crippen molar-refractivity contribution < 1.29 is 9.53 Å². The van der Waals surface area contributed by atoms with E-state index in [9.17, 15) is 4.79 Å². The lowest BCUT2D eigenvalue weighted by Gasteiger charge is -2.32. The third-order valence-corrected chi connectivity index (χ3v) is 2.72. The number of rotatable bonds is 6. The molecule has 12 heavy (non-hydrogen) atoms. The van der Waals surface area contributed by atoms with E-state index in [1.54, 1.807) is 7.11 Å². The second-order valence-corrected chi connectivity index (χ2v) is 3.58. The lowest BCUT2D eigenvalue weighted by molar-refractivity contribution is -0.116. The van der Waals surface area contributed by atoms with Crippen LogP contribution in [0.2, 0.25) is 0 Å². The summed E-state index contributed by atoms with van der Waals surface area (Å²) in [7, 11) is 1.68. The number of methoxy groups -OCH3 is 1. The first-order chi connectivity index (χ1) is 5.60. The molecule has 2 heteroatoms. The quantitative estimate of drug-likeness (QED) is 0.575. The van der Waals surface area contributed by atoms with Crippen molar-refractivity contribution in [3.05, 3.63) is 0 Å². The Morgan fingerprint density at radius 3 is 2.50 bits per heavy atom. The molecular weight excluding hydrogens is 152 g/mol. The standard InChI is InChI=1S/C10H20O2/c1-5-6-9(2)10(3,12-4)7-8-11/h8-9H,5-7H2,1-4H3. The normalized spacial score (nSPS) is 18.3. The summed E-state index contributed by atoms with van der Waals surface area (Å²) in [5.74, 6) is 0.442. The Morgan fingerprint density at radius 2 is 2.17 bits per heavy atom. The van der Waals surface area contributed by atoms with Crippen LogP contribution in [-0.2, 0) is 9.53 Å². The van der Waals surface area contributed by atoms with Crippen molar-refractivity contribution >= 4 is 6.29 Å². The molecule has 2 atom stereocenters. The van der Waals surface area contributed by atoms with Crippen LogP contribution in [0.25, 0.3) is 0 Å². The van der Waals surface area contributed by atoms with E-state index in [0.29, 0.717) is 12.3 Å². The van der Waals surface area contributed by atoms with Crippen molar-refractivity contribution in [2.24, 2.45) is 5.92 Å². The molecule has 2 nitrogen and oxygen atoms in total. The van der Waals surface area contributed by atoms with Gasteiger partial charge in [-0.3, -0.25) is 0 Å². The number of aldehydes is 1. The van der Waals surface area contributed by atoms with Gasteiger partial charge >= 0.3 is 0 Å². The number of carbonyl (C=O) groups is 1. The molecule has 0 aromatic rings. The third-order valence-electron chi connectivity index (χ3n) is 2.72. The predicted octanol–water partition coefficient (Wildman–Crippen LogP) is 2.42. The van der Waals surface area contributed by atoms with E-state index in [4.69, 9.17) is 4.74 Å². The predicted molar refractivity (Wildman–Crippen MR) is 50.2 cm³/mol. The first-order valence-corrected chi connectivity index (χ1v) is 4.59. The zero-order chi connectivity index (χ0) is 9.61. The molecule has 0 saturated heterocycles. The molecule has 0 heterocycles. The van der Waals surface area contributed by atoms with Crippen molar-refractivity contribution in [2.75, 3.05) is 7.11 Å². The zero-order valence-corrected chi connectivity index (χ0v) is 8.59. The average Bonchev–Trinajstić information content (AvgIpc) is 2.05. The van der Waals surface area contributed by atoms with Crippen LogP contribution in [0.4, 0.5) is 0 Å². The van der Waals surface area contributed by atoms with Crippen LogP contribution in [-0.4, -0.2) is 19.0 Å². The van der Waals surface area contributed by atoms with E-state index in [-0.39, 0.29) is 5.60 Å². The maximum atomic E-state index is 10.4. The van der Waals surface area contributed by atoms with Gasteiger partial charge in [0.15, 0.2) is 0 Å². The van der Waals surface area contributed by atoms with Crippen molar-refractivity contribution in [1.82, 2.24) is 0 Å².